The van der Waals surface area contributed by atoms with E-state index in [0.717, 1.165) is 38.5 Å². The number of likely N-dealkylation sites (N-methyl/N-ethyl adjacent to an activating group) is 1. The number of nitrogens with zero attached hydrogens (tertiary/aromatic N) is 1. The maximum absolute atomic E-state index is 11.8. The lowest BCUT2D eigenvalue weighted by Crippen LogP contribution is -2.34. The molecule has 1 rings (SSSR count). The second-order valence-corrected chi connectivity index (χ2v) is 5.83. The summed E-state index contributed by atoms with van der Waals surface area (Å²) >= 11 is 0. The number of nitrogens with one attached hydrogen (secondary N) is 1. The zero-order chi connectivity index (χ0) is 14.1. The Hall–Kier alpha value is -0.610. The van der Waals surface area contributed by atoms with Crippen molar-refractivity contribution in [3.8, 4) is 0 Å². The Morgan fingerprint density at radius 1 is 1.37 bits per heavy atom. The molecule has 1 amide bonds. The zero-order valence-electron chi connectivity index (χ0n) is 12.7. The second-order valence-electron chi connectivity index (χ2n) is 5.83. The molecule has 0 heterocycles. The van der Waals surface area contributed by atoms with Gasteiger partial charge in [-0.15, -0.1) is 0 Å². The topological polar surface area (TPSA) is 58.4 Å². The molecule has 0 aliphatic heterocycles. The SMILES string of the molecule is CCCC(CCN)CCC(=O)NCCN(C)C1CC1. The van der Waals surface area contributed by atoms with Gasteiger partial charge in [0.1, 0.15) is 0 Å². The average molecular weight is 269 g/mol. The predicted molar refractivity (Wildman–Crippen MR) is 80.0 cm³/mol. The van der Waals surface area contributed by atoms with Gasteiger partial charge in [0.2, 0.25) is 5.91 Å². The summed E-state index contributed by atoms with van der Waals surface area (Å²) in [6, 6.07) is 0.774. The minimum Gasteiger partial charge on any atom is -0.355 e. The van der Waals surface area contributed by atoms with E-state index in [9.17, 15) is 4.79 Å². The number of rotatable bonds is 11. The molecule has 112 valence electrons. The Kier molecular flexibility index (Phi) is 8.07. The van der Waals surface area contributed by atoms with Crippen LogP contribution in [0.1, 0.15) is 51.9 Å². The van der Waals surface area contributed by atoms with Crippen LogP contribution in [0.2, 0.25) is 0 Å². The molecule has 0 aromatic heterocycles. The van der Waals surface area contributed by atoms with Crippen LogP contribution in [0, 0.1) is 5.92 Å². The van der Waals surface area contributed by atoms with Gasteiger partial charge in [-0.05, 0) is 45.2 Å². The summed E-state index contributed by atoms with van der Waals surface area (Å²) in [5.74, 6) is 0.817. The lowest BCUT2D eigenvalue weighted by Gasteiger charge is -2.17. The number of hydrogen-bond donors (Lipinski definition) is 2. The van der Waals surface area contributed by atoms with Crippen LogP contribution in [-0.4, -0.2) is 43.5 Å². The first-order valence-electron chi connectivity index (χ1n) is 7.84. The Bertz CT molecular complexity index is 248. The molecule has 1 aliphatic carbocycles. The molecule has 1 aliphatic rings. The van der Waals surface area contributed by atoms with Gasteiger partial charge in [0.25, 0.3) is 0 Å². The van der Waals surface area contributed by atoms with Crippen LogP contribution >= 0.6 is 0 Å². The van der Waals surface area contributed by atoms with E-state index in [0.29, 0.717) is 12.3 Å². The van der Waals surface area contributed by atoms with E-state index in [1.807, 2.05) is 0 Å². The number of carbonyl (C=O) groups excluding carboxylic acids is 1. The normalized spacial score (nSPS) is 16.6. The van der Waals surface area contributed by atoms with Crippen molar-refractivity contribution in [1.29, 1.82) is 0 Å². The maximum atomic E-state index is 11.8. The molecule has 0 spiro atoms. The van der Waals surface area contributed by atoms with Gasteiger partial charge >= 0.3 is 0 Å². The molecule has 0 saturated heterocycles. The van der Waals surface area contributed by atoms with Crippen molar-refractivity contribution < 1.29 is 4.79 Å². The zero-order valence-corrected chi connectivity index (χ0v) is 12.7. The molecule has 1 saturated carbocycles. The fourth-order valence-corrected chi connectivity index (χ4v) is 2.57. The molecular weight excluding hydrogens is 238 g/mol. The first kappa shape index (κ1) is 16.4. The number of hydrogen-bond acceptors (Lipinski definition) is 3. The highest BCUT2D eigenvalue weighted by atomic mass is 16.1. The van der Waals surface area contributed by atoms with Gasteiger partial charge in [-0.25, -0.2) is 0 Å². The lowest BCUT2D eigenvalue weighted by atomic mass is 9.94. The fourth-order valence-electron chi connectivity index (χ4n) is 2.57. The highest BCUT2D eigenvalue weighted by molar-refractivity contribution is 5.75. The van der Waals surface area contributed by atoms with Crippen LogP contribution in [-0.2, 0) is 4.79 Å². The standard InChI is InChI=1S/C15H31N3O/c1-3-4-13(9-10-16)5-8-15(19)17-11-12-18(2)14-6-7-14/h13-14H,3-12,16H2,1-2H3,(H,17,19). The Morgan fingerprint density at radius 3 is 2.68 bits per heavy atom. The van der Waals surface area contributed by atoms with Gasteiger partial charge in [0.05, 0.1) is 0 Å². The highest BCUT2D eigenvalue weighted by Crippen LogP contribution is 2.24. The van der Waals surface area contributed by atoms with Crippen LogP contribution in [0.3, 0.4) is 0 Å². The van der Waals surface area contributed by atoms with Crippen LogP contribution < -0.4 is 11.1 Å². The van der Waals surface area contributed by atoms with E-state index in [2.05, 4.69) is 24.2 Å². The monoisotopic (exact) mass is 269 g/mol. The minimum atomic E-state index is 0.197. The highest BCUT2D eigenvalue weighted by Gasteiger charge is 2.25. The third-order valence-electron chi connectivity index (χ3n) is 4.01. The van der Waals surface area contributed by atoms with Gasteiger partial charge in [-0.1, -0.05) is 19.8 Å². The Morgan fingerprint density at radius 2 is 2.11 bits per heavy atom. The Balaban J connectivity index is 2.05. The molecule has 4 heteroatoms. The summed E-state index contributed by atoms with van der Waals surface area (Å²) in [6.45, 7) is 4.68. The van der Waals surface area contributed by atoms with E-state index >= 15 is 0 Å². The average Bonchev–Trinajstić information content (AvgIpc) is 3.20. The molecule has 1 unspecified atom stereocenters. The maximum Gasteiger partial charge on any atom is 0.220 e. The van der Waals surface area contributed by atoms with Crippen molar-refractivity contribution in [1.82, 2.24) is 10.2 Å². The van der Waals surface area contributed by atoms with Gasteiger partial charge in [-0.2, -0.15) is 0 Å². The fraction of sp³-hybridized carbons (Fsp3) is 0.933. The Labute approximate surface area is 118 Å². The van der Waals surface area contributed by atoms with E-state index in [-0.39, 0.29) is 5.91 Å². The van der Waals surface area contributed by atoms with E-state index in [4.69, 9.17) is 5.73 Å². The quantitative estimate of drug-likeness (QED) is 0.601. The first-order chi connectivity index (χ1) is 9.17. The largest absolute Gasteiger partial charge is 0.355 e. The van der Waals surface area contributed by atoms with Gasteiger partial charge in [0.15, 0.2) is 0 Å². The third-order valence-corrected chi connectivity index (χ3v) is 4.01. The van der Waals surface area contributed by atoms with Crippen molar-refractivity contribution in [3.63, 3.8) is 0 Å². The van der Waals surface area contributed by atoms with Crippen LogP contribution in [0.4, 0.5) is 0 Å². The minimum absolute atomic E-state index is 0.197. The van der Waals surface area contributed by atoms with Crippen LogP contribution in [0.25, 0.3) is 0 Å². The summed E-state index contributed by atoms with van der Waals surface area (Å²) in [4.78, 5) is 14.1. The van der Waals surface area contributed by atoms with E-state index in [1.165, 1.54) is 25.7 Å². The van der Waals surface area contributed by atoms with Crippen LogP contribution in [0.5, 0.6) is 0 Å². The summed E-state index contributed by atoms with van der Waals surface area (Å²) in [7, 11) is 2.14. The van der Waals surface area contributed by atoms with Crippen molar-refractivity contribution in [3.05, 3.63) is 0 Å². The summed E-state index contributed by atoms with van der Waals surface area (Å²) in [5.41, 5.74) is 5.61. The van der Waals surface area contributed by atoms with Crippen molar-refractivity contribution >= 4 is 5.91 Å². The molecule has 0 bridgehead atoms. The molecule has 19 heavy (non-hydrogen) atoms. The van der Waals surface area contributed by atoms with Crippen molar-refractivity contribution in [2.75, 3.05) is 26.7 Å². The molecule has 3 N–H and O–H groups in total. The molecule has 1 atom stereocenters. The summed E-state index contributed by atoms with van der Waals surface area (Å²) in [5, 5.41) is 3.02. The predicted octanol–water partition coefficient (Wildman–Crippen LogP) is 1.74. The molecule has 4 nitrogen and oxygen atoms in total. The first-order valence-corrected chi connectivity index (χ1v) is 7.84. The number of carbonyl (C=O) groups is 1. The second kappa shape index (κ2) is 9.32. The van der Waals surface area contributed by atoms with Gasteiger partial charge < -0.3 is 16.0 Å². The molecule has 1 fully saturated rings. The van der Waals surface area contributed by atoms with E-state index in [1.54, 1.807) is 0 Å². The summed E-state index contributed by atoms with van der Waals surface area (Å²) in [6.07, 6.45) is 7.69. The van der Waals surface area contributed by atoms with Crippen molar-refractivity contribution in [2.45, 2.75) is 57.9 Å². The van der Waals surface area contributed by atoms with Gasteiger partial charge in [0, 0.05) is 25.6 Å². The molecule has 0 aromatic carbocycles. The lowest BCUT2D eigenvalue weighted by molar-refractivity contribution is -0.121. The van der Waals surface area contributed by atoms with E-state index < -0.39 is 0 Å². The van der Waals surface area contributed by atoms with Crippen LogP contribution in [0.15, 0.2) is 0 Å². The van der Waals surface area contributed by atoms with Crippen molar-refractivity contribution in [2.24, 2.45) is 11.7 Å². The molecule has 0 radical (unpaired) electrons. The number of nitrogens with two attached hydrogens (primary N) is 1. The smallest absolute Gasteiger partial charge is 0.220 e. The third kappa shape index (κ3) is 7.53. The summed E-state index contributed by atoms with van der Waals surface area (Å²) < 4.78 is 0. The molecular formula is C15H31N3O. The molecule has 0 aromatic rings. The van der Waals surface area contributed by atoms with Gasteiger partial charge in [-0.3, -0.25) is 4.79 Å². The number of amides is 1.